The number of ether oxygens (including phenoxy) is 1. The van der Waals surface area contributed by atoms with E-state index < -0.39 is 0 Å². The van der Waals surface area contributed by atoms with Crippen LogP contribution in [0.2, 0.25) is 0 Å². The van der Waals surface area contributed by atoms with Gasteiger partial charge in [-0.2, -0.15) is 0 Å². The van der Waals surface area contributed by atoms with Crippen LogP contribution in [0.4, 0.5) is 0 Å². The van der Waals surface area contributed by atoms with Gasteiger partial charge in [0.15, 0.2) is 0 Å². The maximum absolute atomic E-state index is 6.27. The summed E-state index contributed by atoms with van der Waals surface area (Å²) in [6, 6.07) is 1.10. The molecule has 3 atom stereocenters. The van der Waals surface area contributed by atoms with E-state index in [4.69, 9.17) is 10.5 Å². The first-order valence-corrected chi connectivity index (χ1v) is 8.32. The number of nitrogens with two attached hydrogens (primary N) is 1. The fraction of sp³-hybridized carbons (Fsp3) is 1.00. The SMILES string of the molecule is CC1CCN(C2CCOC3(CCCCC3)C2)CC1N. The Morgan fingerprint density at radius 2 is 1.95 bits per heavy atom. The minimum atomic E-state index is 0.230. The average molecular weight is 266 g/mol. The highest BCUT2D eigenvalue weighted by atomic mass is 16.5. The third-order valence-electron chi connectivity index (χ3n) is 5.80. The van der Waals surface area contributed by atoms with Gasteiger partial charge in [-0.3, -0.25) is 4.90 Å². The Morgan fingerprint density at radius 3 is 2.68 bits per heavy atom. The molecule has 110 valence electrons. The highest BCUT2D eigenvalue weighted by Crippen LogP contribution is 2.40. The Hall–Kier alpha value is -0.120. The van der Waals surface area contributed by atoms with Crippen molar-refractivity contribution in [2.75, 3.05) is 19.7 Å². The first-order chi connectivity index (χ1) is 9.19. The van der Waals surface area contributed by atoms with Gasteiger partial charge in [-0.25, -0.2) is 0 Å². The van der Waals surface area contributed by atoms with Gasteiger partial charge in [0.25, 0.3) is 0 Å². The summed E-state index contributed by atoms with van der Waals surface area (Å²) < 4.78 is 6.22. The van der Waals surface area contributed by atoms with Gasteiger partial charge in [-0.15, -0.1) is 0 Å². The number of nitrogens with zero attached hydrogens (tertiary/aromatic N) is 1. The van der Waals surface area contributed by atoms with E-state index in [-0.39, 0.29) is 5.60 Å². The molecule has 1 aliphatic carbocycles. The molecule has 2 N–H and O–H groups in total. The van der Waals surface area contributed by atoms with Gasteiger partial charge in [0.2, 0.25) is 0 Å². The van der Waals surface area contributed by atoms with Crippen molar-refractivity contribution < 1.29 is 4.74 Å². The smallest absolute Gasteiger partial charge is 0.0697 e. The van der Waals surface area contributed by atoms with Crippen molar-refractivity contribution >= 4 is 0 Å². The molecule has 0 aromatic carbocycles. The molecule has 0 aromatic heterocycles. The molecule has 3 heteroatoms. The van der Waals surface area contributed by atoms with E-state index in [0.29, 0.717) is 12.0 Å². The molecule has 3 rings (SSSR count). The normalized spacial score (nSPS) is 40.4. The first-order valence-electron chi connectivity index (χ1n) is 8.32. The maximum Gasteiger partial charge on any atom is 0.0697 e. The van der Waals surface area contributed by atoms with Crippen molar-refractivity contribution in [2.45, 2.75) is 76.0 Å². The Kier molecular flexibility index (Phi) is 4.16. The molecule has 0 aromatic rings. The molecule has 3 fully saturated rings. The molecular weight excluding hydrogens is 236 g/mol. The van der Waals surface area contributed by atoms with E-state index in [2.05, 4.69) is 11.8 Å². The van der Waals surface area contributed by atoms with E-state index in [1.54, 1.807) is 0 Å². The van der Waals surface area contributed by atoms with E-state index in [1.165, 1.54) is 57.9 Å². The van der Waals surface area contributed by atoms with Gasteiger partial charge in [0.1, 0.15) is 0 Å². The largest absolute Gasteiger partial charge is 0.375 e. The van der Waals surface area contributed by atoms with Crippen LogP contribution < -0.4 is 5.73 Å². The molecule has 2 heterocycles. The molecule has 0 amide bonds. The van der Waals surface area contributed by atoms with Crippen LogP contribution in [0.5, 0.6) is 0 Å². The monoisotopic (exact) mass is 266 g/mol. The van der Waals surface area contributed by atoms with E-state index >= 15 is 0 Å². The van der Waals surface area contributed by atoms with Crippen LogP contribution >= 0.6 is 0 Å². The van der Waals surface area contributed by atoms with Crippen molar-refractivity contribution in [2.24, 2.45) is 11.7 Å². The zero-order valence-electron chi connectivity index (χ0n) is 12.4. The van der Waals surface area contributed by atoms with Crippen molar-refractivity contribution in [3.8, 4) is 0 Å². The van der Waals surface area contributed by atoms with Crippen molar-refractivity contribution in [1.82, 2.24) is 4.90 Å². The minimum absolute atomic E-state index is 0.230. The lowest BCUT2D eigenvalue weighted by atomic mass is 9.77. The van der Waals surface area contributed by atoms with Crippen molar-refractivity contribution in [1.29, 1.82) is 0 Å². The van der Waals surface area contributed by atoms with E-state index in [1.807, 2.05) is 0 Å². The Bertz CT molecular complexity index is 296. The van der Waals surface area contributed by atoms with Crippen molar-refractivity contribution in [3.05, 3.63) is 0 Å². The Labute approximate surface area is 117 Å². The summed E-state index contributed by atoms with van der Waals surface area (Å²) in [5.74, 6) is 0.694. The van der Waals surface area contributed by atoms with Gasteiger partial charge in [-0.1, -0.05) is 26.2 Å². The molecule has 3 aliphatic rings. The fourth-order valence-corrected chi connectivity index (χ4v) is 4.32. The molecular formula is C16H30N2O. The van der Waals surface area contributed by atoms with Gasteiger partial charge in [0.05, 0.1) is 5.60 Å². The van der Waals surface area contributed by atoms with Gasteiger partial charge in [0, 0.05) is 25.2 Å². The molecule has 19 heavy (non-hydrogen) atoms. The summed E-state index contributed by atoms with van der Waals surface area (Å²) in [5, 5.41) is 0. The third-order valence-corrected chi connectivity index (χ3v) is 5.80. The highest BCUT2D eigenvalue weighted by molar-refractivity contribution is 4.94. The molecule has 2 aliphatic heterocycles. The molecule has 1 spiro atoms. The maximum atomic E-state index is 6.27. The molecule has 3 unspecified atom stereocenters. The predicted molar refractivity (Wildman–Crippen MR) is 78.1 cm³/mol. The summed E-state index contributed by atoms with van der Waals surface area (Å²) in [5.41, 5.74) is 6.50. The summed E-state index contributed by atoms with van der Waals surface area (Å²) in [6.07, 6.45) is 10.5. The quantitative estimate of drug-likeness (QED) is 0.792. The van der Waals surface area contributed by atoms with Crippen LogP contribution in [0.1, 0.15) is 58.3 Å². The van der Waals surface area contributed by atoms with Gasteiger partial charge < -0.3 is 10.5 Å². The predicted octanol–water partition coefficient (Wildman–Crippen LogP) is 2.54. The van der Waals surface area contributed by atoms with E-state index in [9.17, 15) is 0 Å². The second-order valence-corrected chi connectivity index (χ2v) is 7.16. The molecule has 0 radical (unpaired) electrons. The number of hydrogen-bond acceptors (Lipinski definition) is 3. The van der Waals surface area contributed by atoms with Crippen LogP contribution in [-0.2, 0) is 4.74 Å². The lowest BCUT2D eigenvalue weighted by Crippen LogP contribution is -2.55. The fourth-order valence-electron chi connectivity index (χ4n) is 4.32. The summed E-state index contributed by atoms with van der Waals surface area (Å²) in [6.45, 7) is 5.61. The van der Waals surface area contributed by atoms with Gasteiger partial charge >= 0.3 is 0 Å². The van der Waals surface area contributed by atoms with Crippen molar-refractivity contribution in [3.63, 3.8) is 0 Å². The summed E-state index contributed by atoms with van der Waals surface area (Å²) in [4.78, 5) is 2.67. The van der Waals surface area contributed by atoms with Crippen LogP contribution in [0.25, 0.3) is 0 Å². The highest BCUT2D eigenvalue weighted by Gasteiger charge is 2.41. The topological polar surface area (TPSA) is 38.5 Å². The van der Waals surface area contributed by atoms with Crippen LogP contribution in [0.3, 0.4) is 0 Å². The second kappa shape index (κ2) is 5.71. The average Bonchev–Trinajstić information content (AvgIpc) is 2.43. The number of hydrogen-bond donors (Lipinski definition) is 1. The lowest BCUT2D eigenvalue weighted by Gasteiger charge is -2.48. The van der Waals surface area contributed by atoms with Crippen LogP contribution in [-0.4, -0.2) is 42.3 Å². The van der Waals surface area contributed by atoms with E-state index in [0.717, 1.165) is 19.2 Å². The molecule has 3 nitrogen and oxygen atoms in total. The zero-order chi connectivity index (χ0) is 13.3. The summed E-state index contributed by atoms with van der Waals surface area (Å²) in [7, 11) is 0. The Balaban J connectivity index is 1.61. The number of piperidine rings is 1. The van der Waals surface area contributed by atoms with Crippen LogP contribution in [0.15, 0.2) is 0 Å². The third kappa shape index (κ3) is 2.98. The molecule has 1 saturated carbocycles. The van der Waals surface area contributed by atoms with Gasteiger partial charge in [-0.05, 0) is 44.6 Å². The minimum Gasteiger partial charge on any atom is -0.375 e. The number of rotatable bonds is 1. The Morgan fingerprint density at radius 1 is 1.16 bits per heavy atom. The first kappa shape index (κ1) is 13.8. The standard InChI is InChI=1S/C16H30N2O/c1-13-5-9-18(12-15(13)17)14-6-10-19-16(11-14)7-3-2-4-8-16/h13-15H,2-12,17H2,1H3. The summed E-state index contributed by atoms with van der Waals surface area (Å²) >= 11 is 0. The number of likely N-dealkylation sites (tertiary alicyclic amines) is 1. The molecule has 0 bridgehead atoms. The lowest BCUT2D eigenvalue weighted by molar-refractivity contribution is -0.127. The zero-order valence-corrected chi connectivity index (χ0v) is 12.4. The molecule has 2 saturated heterocycles. The second-order valence-electron chi connectivity index (χ2n) is 7.16. The van der Waals surface area contributed by atoms with Crippen LogP contribution in [0, 0.1) is 5.92 Å².